The Balaban J connectivity index is 1.77. The fourth-order valence-corrected chi connectivity index (χ4v) is 4.52. The van der Waals surface area contributed by atoms with Crippen LogP contribution in [0.1, 0.15) is 66.8 Å². The van der Waals surface area contributed by atoms with Crippen LogP contribution in [0.5, 0.6) is 0 Å². The molecule has 14 heteroatoms. The van der Waals surface area contributed by atoms with Crippen molar-refractivity contribution in [2.24, 2.45) is 0 Å². The Kier molecular flexibility index (Phi) is 7.02. The van der Waals surface area contributed by atoms with E-state index in [-0.39, 0.29) is 13.1 Å². The number of fused-ring (bicyclic) bond motifs is 1. The van der Waals surface area contributed by atoms with Gasteiger partial charge in [0.15, 0.2) is 11.6 Å². The average Bonchev–Trinajstić information content (AvgIpc) is 3.51. The van der Waals surface area contributed by atoms with Crippen LogP contribution >= 0.6 is 0 Å². The quantitative estimate of drug-likeness (QED) is 0.490. The maximum atomic E-state index is 16.1. The van der Waals surface area contributed by atoms with E-state index >= 15 is 8.78 Å². The highest BCUT2D eigenvalue weighted by Gasteiger charge is 2.36. The number of amides is 2. The molecule has 1 aromatic carbocycles. The van der Waals surface area contributed by atoms with Crippen LogP contribution in [0.2, 0.25) is 0 Å². The van der Waals surface area contributed by atoms with Gasteiger partial charge in [-0.1, -0.05) is 0 Å². The molecular weight excluding hydrogens is 518 g/mol. The maximum absolute atomic E-state index is 16.1. The number of halogens is 2. The predicted molar refractivity (Wildman–Crippen MR) is 141 cm³/mol. The third kappa shape index (κ3) is 5.78. The number of alkyl carbamates (subject to hydrolysis) is 1. The summed E-state index contributed by atoms with van der Waals surface area (Å²) in [6.07, 6.45) is -0.365. The number of carbonyl (C=O) groups is 2. The molecule has 2 aliphatic rings. The number of nitrogens with one attached hydrogen (secondary N) is 2. The summed E-state index contributed by atoms with van der Waals surface area (Å²) in [6.45, 7) is 10.1. The number of anilines is 2. The van der Waals surface area contributed by atoms with Gasteiger partial charge < -0.3 is 25.4 Å². The third-order valence-corrected chi connectivity index (χ3v) is 6.16. The van der Waals surface area contributed by atoms with Gasteiger partial charge in [-0.05, 0) is 60.8 Å². The number of nitrogens with two attached hydrogens (primary N) is 1. The summed E-state index contributed by atoms with van der Waals surface area (Å²) in [5, 5.41) is 2.12. The maximum Gasteiger partial charge on any atom is 0.427 e. The summed E-state index contributed by atoms with van der Waals surface area (Å²) in [5.74, 6) is -2.31. The Morgan fingerprint density at radius 3 is 2.10 bits per heavy atom. The topological polar surface area (TPSA) is 150 Å². The number of aromatic nitrogens is 2. The number of nitrogen functional groups attached to an aromatic ring is 1. The van der Waals surface area contributed by atoms with Gasteiger partial charge in [-0.2, -0.15) is 4.68 Å². The molecule has 1 atom stereocenters. The molecule has 2 heterocycles. The minimum absolute atomic E-state index is 0.0446. The van der Waals surface area contributed by atoms with Crippen molar-refractivity contribution in [2.75, 3.05) is 29.1 Å². The van der Waals surface area contributed by atoms with Gasteiger partial charge >= 0.3 is 17.9 Å². The first-order valence-electron chi connectivity index (χ1n) is 12.7. The Morgan fingerprint density at radius 1 is 0.949 bits per heavy atom. The molecule has 1 saturated carbocycles. The van der Waals surface area contributed by atoms with Crippen LogP contribution in [-0.2, 0) is 9.47 Å². The molecule has 4 rings (SSSR count). The van der Waals surface area contributed by atoms with Gasteiger partial charge in [-0.25, -0.2) is 28.6 Å². The highest BCUT2D eigenvalue weighted by Crippen LogP contribution is 2.40. The molecule has 0 spiro atoms. The predicted octanol–water partition coefficient (Wildman–Crippen LogP) is 2.94. The molecule has 12 nitrogen and oxygen atoms in total. The number of ether oxygens (including phenoxy) is 2. The number of hydrogen-bond acceptors (Lipinski definition) is 8. The van der Waals surface area contributed by atoms with Gasteiger partial charge in [0, 0.05) is 19.1 Å². The van der Waals surface area contributed by atoms with Crippen LogP contribution in [0.15, 0.2) is 9.59 Å². The SMILES string of the molecule is CC(C)(C)OC(=O)N[C@H]1CCN(c2c(F)c(N)c3c(=O)n(NC(=O)OC(C)(C)C)c(=O)n(C4CC4)c3c2F)C1. The Bertz CT molecular complexity index is 1450. The van der Waals surface area contributed by atoms with E-state index in [1.807, 2.05) is 0 Å². The van der Waals surface area contributed by atoms with E-state index in [1.54, 1.807) is 41.5 Å². The molecule has 39 heavy (non-hydrogen) atoms. The van der Waals surface area contributed by atoms with E-state index in [2.05, 4.69) is 10.7 Å². The van der Waals surface area contributed by atoms with Gasteiger partial charge in [0.25, 0.3) is 5.56 Å². The summed E-state index contributed by atoms with van der Waals surface area (Å²) in [6, 6.07) is -0.938. The molecule has 0 bridgehead atoms. The molecule has 1 aliphatic heterocycles. The minimum Gasteiger partial charge on any atom is -0.444 e. The van der Waals surface area contributed by atoms with E-state index in [0.29, 0.717) is 23.9 Å². The molecule has 2 amide bonds. The van der Waals surface area contributed by atoms with Crippen LogP contribution in [0.25, 0.3) is 10.9 Å². The Hall–Kier alpha value is -3.84. The Morgan fingerprint density at radius 2 is 1.54 bits per heavy atom. The van der Waals surface area contributed by atoms with Crippen LogP contribution in [0, 0.1) is 11.6 Å². The molecule has 0 unspecified atom stereocenters. The van der Waals surface area contributed by atoms with Crippen LogP contribution in [0.3, 0.4) is 0 Å². The van der Waals surface area contributed by atoms with Gasteiger partial charge in [0.2, 0.25) is 0 Å². The van der Waals surface area contributed by atoms with E-state index in [4.69, 9.17) is 15.2 Å². The molecule has 1 aliphatic carbocycles. The summed E-state index contributed by atoms with van der Waals surface area (Å²) >= 11 is 0. The lowest BCUT2D eigenvalue weighted by atomic mass is 10.1. The number of benzene rings is 1. The highest BCUT2D eigenvalue weighted by atomic mass is 19.1. The van der Waals surface area contributed by atoms with Crippen molar-refractivity contribution in [3.05, 3.63) is 32.5 Å². The zero-order valence-electron chi connectivity index (χ0n) is 22.8. The standard InChI is InChI=1S/C25H34F2N6O6/c1-24(2,3)38-21(35)29-12-9-10-31(11-12)19-15(26)17(28)14-18(16(19)27)32(13-7-8-13)23(37)33(20(14)34)30-22(36)39-25(4,5)6/h12-13H,7-11,28H2,1-6H3,(H,29,35)(H,30,36)/t12-/m0/s1. The van der Waals surface area contributed by atoms with Crippen molar-refractivity contribution in [2.45, 2.75) is 84.1 Å². The lowest BCUT2D eigenvalue weighted by molar-refractivity contribution is 0.0507. The summed E-state index contributed by atoms with van der Waals surface area (Å²) < 4.78 is 43.5. The zero-order chi connectivity index (χ0) is 29.0. The molecule has 0 radical (unpaired) electrons. The second-order valence-corrected chi connectivity index (χ2v) is 11.8. The van der Waals surface area contributed by atoms with Crippen molar-refractivity contribution in [3.8, 4) is 0 Å². The van der Waals surface area contributed by atoms with Crippen molar-refractivity contribution >= 4 is 34.5 Å². The van der Waals surface area contributed by atoms with Crippen LogP contribution in [-0.4, -0.2) is 51.8 Å². The van der Waals surface area contributed by atoms with E-state index in [9.17, 15) is 19.2 Å². The monoisotopic (exact) mass is 552 g/mol. The summed E-state index contributed by atoms with van der Waals surface area (Å²) in [4.78, 5) is 52.5. The summed E-state index contributed by atoms with van der Waals surface area (Å²) in [7, 11) is 0. The van der Waals surface area contributed by atoms with Gasteiger partial charge in [0.1, 0.15) is 16.9 Å². The first-order valence-corrected chi connectivity index (χ1v) is 12.7. The molecule has 1 saturated heterocycles. The van der Waals surface area contributed by atoms with Crippen molar-refractivity contribution in [1.29, 1.82) is 0 Å². The van der Waals surface area contributed by atoms with E-state index < -0.39 is 80.6 Å². The number of nitrogens with zero attached hydrogens (tertiary/aromatic N) is 3. The first-order chi connectivity index (χ1) is 18.0. The van der Waals surface area contributed by atoms with Gasteiger partial charge in [0.05, 0.1) is 22.6 Å². The molecule has 2 aromatic rings. The molecule has 214 valence electrons. The van der Waals surface area contributed by atoms with Gasteiger partial charge in [-0.15, -0.1) is 0 Å². The third-order valence-electron chi connectivity index (χ3n) is 6.16. The largest absolute Gasteiger partial charge is 0.444 e. The summed E-state index contributed by atoms with van der Waals surface area (Å²) in [5.41, 5.74) is 2.67. The lowest BCUT2D eigenvalue weighted by Crippen LogP contribution is -2.48. The second-order valence-electron chi connectivity index (χ2n) is 11.8. The zero-order valence-corrected chi connectivity index (χ0v) is 22.8. The van der Waals surface area contributed by atoms with E-state index in [0.717, 1.165) is 4.57 Å². The van der Waals surface area contributed by atoms with Gasteiger partial charge in [-0.3, -0.25) is 9.36 Å². The van der Waals surface area contributed by atoms with Crippen LogP contribution < -0.4 is 32.6 Å². The smallest absolute Gasteiger partial charge is 0.427 e. The van der Waals surface area contributed by atoms with Crippen molar-refractivity contribution in [1.82, 2.24) is 14.6 Å². The van der Waals surface area contributed by atoms with Crippen molar-refractivity contribution < 1.29 is 27.8 Å². The number of rotatable bonds is 4. The fourth-order valence-electron chi connectivity index (χ4n) is 4.52. The number of hydrogen-bond donors (Lipinski definition) is 3. The Labute approximate surface area is 223 Å². The van der Waals surface area contributed by atoms with E-state index in [1.165, 1.54) is 4.90 Å². The number of carbonyl (C=O) groups excluding carboxylic acids is 2. The lowest BCUT2D eigenvalue weighted by Gasteiger charge is -2.25. The van der Waals surface area contributed by atoms with Crippen LogP contribution in [0.4, 0.5) is 29.7 Å². The molecule has 4 N–H and O–H groups in total. The molecular formula is C25H34F2N6O6. The molecule has 1 aromatic heterocycles. The van der Waals surface area contributed by atoms with Crippen molar-refractivity contribution in [3.63, 3.8) is 0 Å². The second kappa shape index (κ2) is 9.72. The minimum atomic E-state index is -1.19. The average molecular weight is 553 g/mol. The highest BCUT2D eigenvalue weighted by molar-refractivity contribution is 5.95. The normalized spacial score (nSPS) is 17.8. The molecule has 2 fully saturated rings. The fraction of sp³-hybridized carbons (Fsp3) is 0.600. The first kappa shape index (κ1) is 28.2.